The van der Waals surface area contributed by atoms with E-state index >= 15 is 0 Å². The normalized spacial score (nSPS) is 11.5. The molecule has 1 nitrogen and oxygen atoms in total. The first-order chi connectivity index (χ1) is 8.01. The van der Waals surface area contributed by atoms with Gasteiger partial charge in [0.1, 0.15) is 11.4 Å². The van der Waals surface area contributed by atoms with E-state index in [1.165, 1.54) is 18.4 Å². The lowest BCUT2D eigenvalue weighted by atomic mass is 10.1. The van der Waals surface area contributed by atoms with Crippen LogP contribution >= 0.6 is 11.6 Å². The fourth-order valence-corrected chi connectivity index (χ4v) is 1.87. The molecule has 0 heterocycles. The van der Waals surface area contributed by atoms with E-state index in [9.17, 15) is 0 Å². The van der Waals surface area contributed by atoms with Crippen LogP contribution in [0.5, 0.6) is 5.75 Å². The molecule has 0 saturated carbocycles. The van der Waals surface area contributed by atoms with Crippen LogP contribution in [0.25, 0.3) is 0 Å². The molecule has 1 aromatic rings. The first kappa shape index (κ1) is 14.4. The van der Waals surface area contributed by atoms with Gasteiger partial charge in [-0.15, -0.1) is 11.6 Å². The van der Waals surface area contributed by atoms with Gasteiger partial charge in [-0.3, -0.25) is 0 Å². The van der Waals surface area contributed by atoms with Crippen molar-refractivity contribution in [3.05, 3.63) is 29.8 Å². The Morgan fingerprint density at radius 1 is 1.00 bits per heavy atom. The summed E-state index contributed by atoms with van der Waals surface area (Å²) in [6.45, 7) is 6.19. The first-order valence-electron chi connectivity index (χ1n) is 6.35. The summed E-state index contributed by atoms with van der Waals surface area (Å²) in [7, 11) is 0. The molecule has 0 saturated heterocycles. The molecule has 0 aliphatic heterocycles. The maximum Gasteiger partial charge on any atom is 0.120 e. The molecule has 0 radical (unpaired) electrons. The topological polar surface area (TPSA) is 9.23 Å². The standard InChI is InChI=1S/C15H23ClO/c1-15(2,3)17-14-10-8-13(9-11-14)7-5-4-6-12-16/h8-11H,4-7,12H2,1-3H3. The minimum absolute atomic E-state index is 0.123. The molecule has 2 heteroatoms. The number of unbranched alkanes of at least 4 members (excludes halogenated alkanes) is 2. The van der Waals surface area contributed by atoms with E-state index in [0.717, 1.165) is 24.5 Å². The van der Waals surface area contributed by atoms with Crippen LogP contribution < -0.4 is 4.74 Å². The van der Waals surface area contributed by atoms with E-state index in [2.05, 4.69) is 45.0 Å². The van der Waals surface area contributed by atoms with E-state index in [1.807, 2.05) is 0 Å². The fourth-order valence-electron chi connectivity index (χ4n) is 1.68. The van der Waals surface area contributed by atoms with Gasteiger partial charge in [0, 0.05) is 5.88 Å². The Kier molecular flexibility index (Phi) is 5.84. The Balaban J connectivity index is 2.39. The third kappa shape index (κ3) is 6.58. The van der Waals surface area contributed by atoms with Gasteiger partial charge in [-0.1, -0.05) is 18.6 Å². The van der Waals surface area contributed by atoms with Crippen molar-refractivity contribution in [2.45, 2.75) is 52.1 Å². The second-order valence-electron chi connectivity index (χ2n) is 5.36. The van der Waals surface area contributed by atoms with Gasteiger partial charge < -0.3 is 4.74 Å². The Morgan fingerprint density at radius 2 is 1.65 bits per heavy atom. The molecule has 1 aromatic carbocycles. The van der Waals surface area contributed by atoms with Crippen molar-refractivity contribution in [1.29, 1.82) is 0 Å². The number of benzene rings is 1. The third-order valence-corrected chi connectivity index (χ3v) is 2.71. The van der Waals surface area contributed by atoms with E-state index in [4.69, 9.17) is 16.3 Å². The predicted molar refractivity (Wildman–Crippen MR) is 75.1 cm³/mol. The molecule has 0 aliphatic carbocycles. The molecule has 0 amide bonds. The van der Waals surface area contributed by atoms with Crippen molar-refractivity contribution in [3.8, 4) is 5.75 Å². The van der Waals surface area contributed by atoms with Crippen molar-refractivity contribution >= 4 is 11.6 Å². The van der Waals surface area contributed by atoms with E-state index in [0.29, 0.717) is 0 Å². The average Bonchev–Trinajstić information content (AvgIpc) is 2.25. The number of alkyl halides is 1. The summed E-state index contributed by atoms with van der Waals surface area (Å²) < 4.78 is 5.78. The highest BCUT2D eigenvalue weighted by molar-refractivity contribution is 6.17. The van der Waals surface area contributed by atoms with Gasteiger partial charge in [-0.05, 0) is 57.7 Å². The summed E-state index contributed by atoms with van der Waals surface area (Å²) in [5.41, 5.74) is 1.25. The molecule has 96 valence electrons. The zero-order valence-electron chi connectivity index (χ0n) is 11.1. The Hall–Kier alpha value is -0.690. The number of ether oxygens (including phenoxy) is 1. The molecule has 0 atom stereocenters. The first-order valence-corrected chi connectivity index (χ1v) is 6.88. The van der Waals surface area contributed by atoms with Gasteiger partial charge in [-0.25, -0.2) is 0 Å². The van der Waals surface area contributed by atoms with Gasteiger partial charge in [0.2, 0.25) is 0 Å². The van der Waals surface area contributed by atoms with Crippen molar-refractivity contribution < 1.29 is 4.74 Å². The summed E-state index contributed by atoms with van der Waals surface area (Å²) >= 11 is 5.65. The molecule has 1 rings (SSSR count). The number of aryl methyl sites for hydroxylation is 1. The number of halogens is 1. The second kappa shape index (κ2) is 6.90. The van der Waals surface area contributed by atoms with Crippen LogP contribution in [-0.2, 0) is 6.42 Å². The molecule has 0 spiro atoms. The molecule has 0 aromatic heterocycles. The summed E-state index contributed by atoms with van der Waals surface area (Å²) in [4.78, 5) is 0. The van der Waals surface area contributed by atoms with E-state index in [1.54, 1.807) is 0 Å². The highest BCUT2D eigenvalue weighted by Gasteiger charge is 2.11. The smallest absolute Gasteiger partial charge is 0.120 e. The van der Waals surface area contributed by atoms with Gasteiger partial charge in [0.25, 0.3) is 0 Å². The van der Waals surface area contributed by atoms with Gasteiger partial charge >= 0.3 is 0 Å². The van der Waals surface area contributed by atoms with Crippen LogP contribution in [-0.4, -0.2) is 11.5 Å². The predicted octanol–water partition coefficient (Wildman–Crippen LogP) is 4.82. The lowest BCUT2D eigenvalue weighted by Gasteiger charge is -2.21. The number of hydrogen-bond acceptors (Lipinski definition) is 1. The molecule has 0 N–H and O–H groups in total. The fraction of sp³-hybridized carbons (Fsp3) is 0.600. The summed E-state index contributed by atoms with van der Waals surface area (Å²) in [5, 5.41) is 0. The van der Waals surface area contributed by atoms with Crippen molar-refractivity contribution in [1.82, 2.24) is 0 Å². The minimum Gasteiger partial charge on any atom is -0.488 e. The van der Waals surface area contributed by atoms with Crippen molar-refractivity contribution in [3.63, 3.8) is 0 Å². The highest BCUT2D eigenvalue weighted by Crippen LogP contribution is 2.19. The maximum atomic E-state index is 5.78. The Labute approximate surface area is 110 Å². The largest absolute Gasteiger partial charge is 0.488 e. The lowest BCUT2D eigenvalue weighted by molar-refractivity contribution is 0.131. The maximum absolute atomic E-state index is 5.78. The summed E-state index contributed by atoms with van der Waals surface area (Å²) in [5.74, 6) is 1.72. The van der Waals surface area contributed by atoms with Gasteiger partial charge in [-0.2, -0.15) is 0 Å². The molecule has 17 heavy (non-hydrogen) atoms. The van der Waals surface area contributed by atoms with Crippen molar-refractivity contribution in [2.75, 3.05) is 5.88 Å². The Morgan fingerprint density at radius 3 is 2.18 bits per heavy atom. The molecular weight excluding hydrogens is 232 g/mol. The monoisotopic (exact) mass is 254 g/mol. The average molecular weight is 255 g/mol. The molecule has 0 aliphatic rings. The van der Waals surface area contributed by atoms with Crippen LogP contribution in [0.15, 0.2) is 24.3 Å². The number of hydrogen-bond donors (Lipinski definition) is 0. The number of rotatable bonds is 6. The van der Waals surface area contributed by atoms with Crippen LogP contribution in [0.1, 0.15) is 45.6 Å². The lowest BCUT2D eigenvalue weighted by Crippen LogP contribution is -2.22. The van der Waals surface area contributed by atoms with E-state index in [-0.39, 0.29) is 5.60 Å². The molecular formula is C15H23ClO. The van der Waals surface area contributed by atoms with Crippen LogP contribution in [0.2, 0.25) is 0 Å². The van der Waals surface area contributed by atoms with Crippen molar-refractivity contribution in [2.24, 2.45) is 0 Å². The zero-order valence-corrected chi connectivity index (χ0v) is 11.9. The highest BCUT2D eigenvalue weighted by atomic mass is 35.5. The van der Waals surface area contributed by atoms with Crippen LogP contribution in [0.4, 0.5) is 0 Å². The molecule has 0 fully saturated rings. The minimum atomic E-state index is -0.123. The van der Waals surface area contributed by atoms with Crippen LogP contribution in [0.3, 0.4) is 0 Å². The summed E-state index contributed by atoms with van der Waals surface area (Å²) in [6.07, 6.45) is 4.68. The van der Waals surface area contributed by atoms with Gasteiger partial charge in [0.15, 0.2) is 0 Å². The van der Waals surface area contributed by atoms with Gasteiger partial charge in [0.05, 0.1) is 0 Å². The molecule has 0 bridgehead atoms. The summed E-state index contributed by atoms with van der Waals surface area (Å²) in [6, 6.07) is 8.42. The SMILES string of the molecule is CC(C)(C)Oc1ccc(CCCCCCl)cc1. The Bertz CT molecular complexity index is 311. The second-order valence-corrected chi connectivity index (χ2v) is 5.74. The van der Waals surface area contributed by atoms with Crippen LogP contribution in [0, 0.1) is 0 Å². The zero-order chi connectivity index (χ0) is 12.7. The molecule has 0 unspecified atom stereocenters. The quantitative estimate of drug-likeness (QED) is 0.523. The van der Waals surface area contributed by atoms with E-state index < -0.39 is 0 Å². The third-order valence-electron chi connectivity index (χ3n) is 2.45.